The number of aliphatic hydroxyl groups excluding tert-OH is 1. The molecule has 0 fully saturated rings. The smallest absolute Gasteiger partial charge is 0.297 e. The van der Waals surface area contributed by atoms with E-state index in [9.17, 15) is 13.5 Å². The fraction of sp³-hybridized carbons (Fsp3) is 0.647. The second-order valence-electron chi connectivity index (χ2n) is 5.76. The van der Waals surface area contributed by atoms with E-state index in [1.54, 1.807) is 12.1 Å². The van der Waals surface area contributed by atoms with Crippen molar-refractivity contribution in [1.82, 2.24) is 0 Å². The van der Waals surface area contributed by atoms with Crippen molar-refractivity contribution in [2.24, 2.45) is 0 Å². The third-order valence-corrected chi connectivity index (χ3v) is 4.91. The fourth-order valence-corrected chi connectivity index (χ4v) is 3.13. The number of unbranched alkanes of at least 4 members (excludes halogenated alkanes) is 5. The molecule has 0 radical (unpaired) electrons. The lowest BCUT2D eigenvalue weighted by atomic mass is 10.1. The molecule has 0 unspecified atom stereocenters. The summed E-state index contributed by atoms with van der Waals surface area (Å²) in [5.74, 6) is 0. The zero-order chi connectivity index (χ0) is 16.4. The van der Waals surface area contributed by atoms with Crippen molar-refractivity contribution in [3.05, 3.63) is 29.8 Å². The van der Waals surface area contributed by atoms with Crippen LogP contribution < -0.4 is 0 Å². The van der Waals surface area contributed by atoms with Crippen LogP contribution in [0.2, 0.25) is 0 Å². The monoisotopic (exact) mass is 328 g/mol. The van der Waals surface area contributed by atoms with Crippen LogP contribution in [0.4, 0.5) is 0 Å². The minimum Gasteiger partial charge on any atom is -0.391 e. The van der Waals surface area contributed by atoms with Crippen molar-refractivity contribution in [3.63, 3.8) is 0 Å². The van der Waals surface area contributed by atoms with Crippen LogP contribution in [0.5, 0.6) is 0 Å². The molecule has 126 valence electrons. The van der Waals surface area contributed by atoms with Crippen LogP contribution in [0.3, 0.4) is 0 Å². The lowest BCUT2D eigenvalue weighted by Gasteiger charge is -2.11. The molecule has 0 bridgehead atoms. The van der Waals surface area contributed by atoms with Crippen molar-refractivity contribution in [2.75, 3.05) is 6.61 Å². The molecule has 1 rings (SSSR count). The Balaban J connectivity index is 2.28. The zero-order valence-electron chi connectivity index (χ0n) is 13.6. The maximum atomic E-state index is 12.0. The van der Waals surface area contributed by atoms with Gasteiger partial charge in [0.1, 0.15) is 0 Å². The van der Waals surface area contributed by atoms with Crippen LogP contribution in [0.25, 0.3) is 0 Å². The van der Waals surface area contributed by atoms with Gasteiger partial charge in [0.25, 0.3) is 10.1 Å². The lowest BCUT2D eigenvalue weighted by Crippen LogP contribution is -2.19. The maximum Gasteiger partial charge on any atom is 0.297 e. The van der Waals surface area contributed by atoms with E-state index in [1.165, 1.54) is 37.8 Å². The summed E-state index contributed by atoms with van der Waals surface area (Å²) >= 11 is 0. The molecule has 0 saturated carbocycles. The van der Waals surface area contributed by atoms with Gasteiger partial charge >= 0.3 is 0 Å². The molecule has 0 amide bonds. The molecule has 0 aromatic heterocycles. The van der Waals surface area contributed by atoms with E-state index in [4.69, 9.17) is 4.18 Å². The van der Waals surface area contributed by atoms with Crippen LogP contribution in [0.15, 0.2) is 29.2 Å². The quantitative estimate of drug-likeness (QED) is 0.495. The second-order valence-corrected chi connectivity index (χ2v) is 7.38. The number of benzene rings is 1. The fourth-order valence-electron chi connectivity index (χ4n) is 2.18. The van der Waals surface area contributed by atoms with Gasteiger partial charge in [-0.15, -0.1) is 0 Å². The predicted molar refractivity (Wildman–Crippen MR) is 88.3 cm³/mol. The Morgan fingerprint density at radius 2 is 1.64 bits per heavy atom. The summed E-state index contributed by atoms with van der Waals surface area (Å²) in [6.45, 7) is 3.89. The first-order valence-electron chi connectivity index (χ1n) is 8.10. The summed E-state index contributed by atoms with van der Waals surface area (Å²) in [5.41, 5.74) is 0.988. The number of rotatable bonds is 11. The molecule has 0 aliphatic rings. The van der Waals surface area contributed by atoms with Crippen molar-refractivity contribution in [1.29, 1.82) is 0 Å². The first-order valence-corrected chi connectivity index (χ1v) is 9.50. The van der Waals surface area contributed by atoms with Gasteiger partial charge in [0.05, 0.1) is 17.6 Å². The molecule has 0 aliphatic heterocycles. The molecule has 1 aromatic carbocycles. The summed E-state index contributed by atoms with van der Waals surface area (Å²) < 4.78 is 28.9. The second kappa shape index (κ2) is 9.98. The standard InChI is InChI=1S/C17H28O4S/c1-3-4-5-6-7-8-9-16(18)14-21-22(19,20)17-12-10-15(2)11-13-17/h10-13,16,18H,3-9,14H2,1-2H3/t16-/m0/s1. The van der Waals surface area contributed by atoms with E-state index < -0.39 is 16.2 Å². The molecule has 1 N–H and O–H groups in total. The molecule has 1 atom stereocenters. The molecule has 0 heterocycles. The molecular weight excluding hydrogens is 300 g/mol. The molecule has 0 spiro atoms. The number of hydrogen-bond donors (Lipinski definition) is 1. The average molecular weight is 328 g/mol. The predicted octanol–water partition coefficient (Wildman–Crippen LogP) is 3.81. The summed E-state index contributed by atoms with van der Waals surface area (Å²) in [6.07, 6.45) is 6.68. The Labute approximate surface area is 134 Å². The Bertz CT molecular complexity index is 508. The van der Waals surface area contributed by atoms with Gasteiger partial charge in [-0.2, -0.15) is 8.42 Å². The molecular formula is C17H28O4S. The summed E-state index contributed by atoms with van der Waals surface area (Å²) in [4.78, 5) is 0.130. The van der Waals surface area contributed by atoms with Crippen LogP contribution in [0.1, 0.15) is 57.4 Å². The highest BCUT2D eigenvalue weighted by Gasteiger charge is 2.17. The van der Waals surface area contributed by atoms with Gasteiger partial charge in [-0.05, 0) is 25.5 Å². The molecule has 5 heteroatoms. The Hall–Kier alpha value is -0.910. The van der Waals surface area contributed by atoms with Crippen molar-refractivity contribution in [2.45, 2.75) is 69.8 Å². The minimum atomic E-state index is -3.77. The first-order chi connectivity index (χ1) is 10.5. The average Bonchev–Trinajstić information content (AvgIpc) is 2.49. The van der Waals surface area contributed by atoms with Crippen molar-refractivity contribution < 1.29 is 17.7 Å². The van der Waals surface area contributed by atoms with E-state index in [0.717, 1.165) is 18.4 Å². The Kier molecular flexibility index (Phi) is 8.68. The van der Waals surface area contributed by atoms with Gasteiger partial charge in [0, 0.05) is 0 Å². The van der Waals surface area contributed by atoms with E-state index >= 15 is 0 Å². The van der Waals surface area contributed by atoms with E-state index in [0.29, 0.717) is 6.42 Å². The molecule has 0 aliphatic carbocycles. The molecule has 22 heavy (non-hydrogen) atoms. The van der Waals surface area contributed by atoms with Gasteiger partial charge in [0.2, 0.25) is 0 Å². The van der Waals surface area contributed by atoms with Gasteiger partial charge in [-0.1, -0.05) is 63.1 Å². The van der Waals surface area contributed by atoms with Crippen LogP contribution in [0, 0.1) is 6.92 Å². The number of aryl methyl sites for hydroxylation is 1. The molecule has 0 saturated heterocycles. The number of aliphatic hydroxyl groups is 1. The highest BCUT2D eigenvalue weighted by Crippen LogP contribution is 2.15. The summed E-state index contributed by atoms with van der Waals surface area (Å²) in [6, 6.07) is 6.49. The van der Waals surface area contributed by atoms with Gasteiger partial charge in [-0.25, -0.2) is 0 Å². The largest absolute Gasteiger partial charge is 0.391 e. The first kappa shape index (κ1) is 19.1. The van der Waals surface area contributed by atoms with Crippen LogP contribution in [-0.4, -0.2) is 26.2 Å². The third kappa shape index (κ3) is 7.38. The summed E-state index contributed by atoms with van der Waals surface area (Å²) in [5, 5.41) is 9.82. The highest BCUT2D eigenvalue weighted by atomic mass is 32.2. The van der Waals surface area contributed by atoms with Crippen LogP contribution in [-0.2, 0) is 14.3 Å². The van der Waals surface area contributed by atoms with E-state index in [1.807, 2.05) is 6.92 Å². The lowest BCUT2D eigenvalue weighted by molar-refractivity contribution is 0.100. The van der Waals surface area contributed by atoms with Crippen LogP contribution >= 0.6 is 0 Å². The molecule has 4 nitrogen and oxygen atoms in total. The molecule has 1 aromatic rings. The highest BCUT2D eigenvalue weighted by molar-refractivity contribution is 7.86. The van der Waals surface area contributed by atoms with Gasteiger partial charge < -0.3 is 5.11 Å². The third-order valence-electron chi connectivity index (χ3n) is 3.62. The van der Waals surface area contributed by atoms with E-state index in [-0.39, 0.29) is 11.5 Å². The Morgan fingerprint density at radius 1 is 1.05 bits per heavy atom. The SMILES string of the molecule is CCCCCCCC[C@H](O)COS(=O)(=O)c1ccc(C)cc1. The van der Waals surface area contributed by atoms with Gasteiger partial charge in [-0.3, -0.25) is 4.18 Å². The van der Waals surface area contributed by atoms with Gasteiger partial charge in [0.15, 0.2) is 0 Å². The maximum absolute atomic E-state index is 12.0. The zero-order valence-corrected chi connectivity index (χ0v) is 14.4. The minimum absolute atomic E-state index is 0.130. The normalized spacial score (nSPS) is 13.2. The number of hydrogen-bond acceptors (Lipinski definition) is 4. The van der Waals surface area contributed by atoms with E-state index in [2.05, 4.69) is 6.92 Å². The topological polar surface area (TPSA) is 63.6 Å². The Morgan fingerprint density at radius 3 is 2.27 bits per heavy atom. The van der Waals surface area contributed by atoms with Crippen molar-refractivity contribution >= 4 is 10.1 Å². The van der Waals surface area contributed by atoms with Crippen molar-refractivity contribution in [3.8, 4) is 0 Å². The summed E-state index contributed by atoms with van der Waals surface area (Å²) in [7, 11) is -3.77.